The molecule has 1 spiro atoms. The van der Waals surface area contributed by atoms with Gasteiger partial charge in [-0.05, 0) is 56.6 Å². The molecule has 0 saturated heterocycles. The van der Waals surface area contributed by atoms with E-state index in [4.69, 9.17) is 9.15 Å². The van der Waals surface area contributed by atoms with Crippen LogP contribution < -0.4 is 10.4 Å². The Labute approximate surface area is 189 Å². The molecule has 0 radical (unpaired) electrons. The number of hydrogen-bond acceptors (Lipinski definition) is 5. The predicted octanol–water partition coefficient (Wildman–Crippen LogP) is 4.46. The highest BCUT2D eigenvalue weighted by Gasteiger charge is 2.70. The zero-order chi connectivity index (χ0) is 23.4. The molecule has 3 aliphatic carbocycles. The fourth-order valence-electron chi connectivity index (χ4n) is 7.99. The molecule has 5 rings (SSSR count). The van der Waals surface area contributed by atoms with Crippen molar-refractivity contribution in [2.45, 2.75) is 79.4 Å². The molecule has 0 unspecified atom stereocenters. The Morgan fingerprint density at radius 1 is 1.09 bits per heavy atom. The Morgan fingerprint density at radius 2 is 1.78 bits per heavy atom. The van der Waals surface area contributed by atoms with Gasteiger partial charge >= 0.3 is 5.63 Å². The lowest BCUT2D eigenvalue weighted by Gasteiger charge is -2.66. The zero-order valence-electron chi connectivity index (χ0n) is 20.2. The van der Waals surface area contributed by atoms with Crippen molar-refractivity contribution in [1.82, 2.24) is 0 Å². The first-order valence-electron chi connectivity index (χ1n) is 11.7. The summed E-state index contributed by atoms with van der Waals surface area (Å²) in [5.41, 5.74) is 0.0863. The maximum atomic E-state index is 12.8. The van der Waals surface area contributed by atoms with Crippen LogP contribution in [0.2, 0.25) is 0 Å². The van der Waals surface area contributed by atoms with Gasteiger partial charge in [0.1, 0.15) is 17.1 Å². The van der Waals surface area contributed by atoms with Gasteiger partial charge in [0, 0.05) is 28.7 Å². The SMILES string of the molecule is CC1=C[C@H](O)[C@@H]2[C@@]3(C)C=CC(=O)C(C)(C)[C@@H]3CC[C@@]2(C)[C@]12Cc1c(c(C)c(C)oc1=O)O2. The summed E-state index contributed by atoms with van der Waals surface area (Å²) in [4.78, 5) is 25.6. The summed E-state index contributed by atoms with van der Waals surface area (Å²) in [5.74, 6) is 1.36. The van der Waals surface area contributed by atoms with E-state index in [-0.39, 0.29) is 28.7 Å². The van der Waals surface area contributed by atoms with Crippen molar-refractivity contribution in [3.63, 3.8) is 0 Å². The minimum Gasteiger partial charge on any atom is -0.481 e. The van der Waals surface area contributed by atoms with Crippen molar-refractivity contribution < 1.29 is 19.1 Å². The Balaban J connectivity index is 1.71. The molecule has 0 bridgehead atoms. The fraction of sp³-hybridized carbons (Fsp3) is 0.630. The van der Waals surface area contributed by atoms with Crippen LogP contribution in [0.5, 0.6) is 5.75 Å². The number of carbonyl (C=O) groups excluding carboxylic acids is 1. The molecule has 4 aliphatic rings. The van der Waals surface area contributed by atoms with Crippen LogP contribution in [0.3, 0.4) is 0 Å². The van der Waals surface area contributed by atoms with Gasteiger partial charge in [-0.15, -0.1) is 0 Å². The van der Waals surface area contributed by atoms with E-state index in [9.17, 15) is 14.7 Å². The summed E-state index contributed by atoms with van der Waals surface area (Å²) in [5, 5.41) is 11.5. The van der Waals surface area contributed by atoms with E-state index >= 15 is 0 Å². The third-order valence-corrected chi connectivity index (χ3v) is 9.82. The number of hydrogen-bond donors (Lipinski definition) is 1. The Bertz CT molecular complexity index is 1150. The van der Waals surface area contributed by atoms with Crippen LogP contribution in [-0.2, 0) is 11.2 Å². The molecule has 6 atom stereocenters. The van der Waals surface area contributed by atoms with Crippen molar-refractivity contribution in [3.05, 3.63) is 51.1 Å². The first kappa shape index (κ1) is 21.7. The van der Waals surface area contributed by atoms with E-state index < -0.39 is 22.5 Å². The summed E-state index contributed by atoms with van der Waals surface area (Å²) in [6, 6.07) is 0. The molecular weight excluding hydrogens is 404 g/mol. The summed E-state index contributed by atoms with van der Waals surface area (Å²) in [6.07, 6.45) is 7.15. The topological polar surface area (TPSA) is 76.7 Å². The molecule has 1 aromatic heterocycles. The van der Waals surface area contributed by atoms with E-state index in [1.165, 1.54) is 0 Å². The fourth-order valence-corrected chi connectivity index (χ4v) is 7.99. The number of aryl methyl sites for hydroxylation is 1. The zero-order valence-corrected chi connectivity index (χ0v) is 20.2. The van der Waals surface area contributed by atoms with Crippen molar-refractivity contribution in [2.75, 3.05) is 0 Å². The molecule has 1 saturated carbocycles. The summed E-state index contributed by atoms with van der Waals surface area (Å²) in [6.45, 7) is 14.2. The Morgan fingerprint density at radius 3 is 2.47 bits per heavy atom. The van der Waals surface area contributed by atoms with Gasteiger partial charge in [-0.25, -0.2) is 4.79 Å². The molecule has 5 nitrogen and oxygen atoms in total. The van der Waals surface area contributed by atoms with E-state index in [1.807, 2.05) is 39.8 Å². The highest BCUT2D eigenvalue weighted by molar-refractivity contribution is 5.95. The average molecular weight is 439 g/mol. The normalized spacial score (nSPS) is 41.6. The lowest BCUT2D eigenvalue weighted by molar-refractivity contribution is -0.183. The van der Waals surface area contributed by atoms with Crippen LogP contribution in [-0.4, -0.2) is 22.6 Å². The largest absolute Gasteiger partial charge is 0.481 e. The first-order valence-corrected chi connectivity index (χ1v) is 11.7. The second-order valence-electron chi connectivity index (χ2n) is 11.6. The van der Waals surface area contributed by atoms with Crippen LogP contribution in [0.25, 0.3) is 0 Å². The van der Waals surface area contributed by atoms with E-state index in [0.29, 0.717) is 23.5 Å². The van der Waals surface area contributed by atoms with Gasteiger partial charge in [0.25, 0.3) is 0 Å². The molecule has 32 heavy (non-hydrogen) atoms. The van der Waals surface area contributed by atoms with Gasteiger partial charge in [-0.3, -0.25) is 4.79 Å². The van der Waals surface area contributed by atoms with Crippen LogP contribution in [0.1, 0.15) is 64.3 Å². The third-order valence-electron chi connectivity index (χ3n) is 9.82. The van der Waals surface area contributed by atoms with Gasteiger partial charge < -0.3 is 14.3 Å². The summed E-state index contributed by atoms with van der Waals surface area (Å²) in [7, 11) is 0. The van der Waals surface area contributed by atoms with E-state index in [1.54, 1.807) is 13.0 Å². The molecule has 1 aromatic rings. The van der Waals surface area contributed by atoms with E-state index in [2.05, 4.69) is 13.8 Å². The highest BCUT2D eigenvalue weighted by atomic mass is 16.5. The monoisotopic (exact) mass is 438 g/mol. The molecule has 1 aliphatic heterocycles. The summed E-state index contributed by atoms with van der Waals surface area (Å²) < 4.78 is 12.3. The number of fused-ring (bicyclic) bond motifs is 5. The molecular formula is C27H34O5. The van der Waals surface area contributed by atoms with Crippen molar-refractivity contribution in [3.8, 4) is 5.75 Å². The van der Waals surface area contributed by atoms with Crippen LogP contribution in [0, 0.1) is 41.9 Å². The van der Waals surface area contributed by atoms with Gasteiger partial charge in [0.15, 0.2) is 5.78 Å². The molecule has 0 aromatic carbocycles. The Hall–Kier alpha value is -2.14. The third kappa shape index (κ3) is 2.33. The highest BCUT2D eigenvalue weighted by Crippen LogP contribution is 2.69. The second kappa shape index (κ2) is 6.25. The van der Waals surface area contributed by atoms with Gasteiger partial charge in [-0.2, -0.15) is 0 Å². The molecule has 0 amide bonds. The van der Waals surface area contributed by atoms with Crippen molar-refractivity contribution in [1.29, 1.82) is 0 Å². The molecule has 5 heteroatoms. The molecule has 2 heterocycles. The number of aliphatic hydroxyl groups excluding tert-OH is 1. The maximum Gasteiger partial charge on any atom is 0.343 e. The average Bonchev–Trinajstić information content (AvgIpc) is 3.11. The van der Waals surface area contributed by atoms with E-state index in [0.717, 1.165) is 24.0 Å². The minimum atomic E-state index is -0.722. The van der Waals surface area contributed by atoms with Crippen LogP contribution in [0.4, 0.5) is 0 Å². The van der Waals surface area contributed by atoms with Gasteiger partial charge in [0.2, 0.25) is 0 Å². The van der Waals surface area contributed by atoms with Crippen molar-refractivity contribution >= 4 is 5.78 Å². The number of carbonyl (C=O) groups is 1. The smallest absolute Gasteiger partial charge is 0.343 e. The molecule has 172 valence electrons. The van der Waals surface area contributed by atoms with Crippen LogP contribution in [0.15, 0.2) is 33.0 Å². The standard InChI is InChI=1S/C27H34O5/c1-14-12-18(28)22-25(6)10-9-20(29)24(4,5)19(25)8-11-26(22,7)27(14)13-17-21(32-27)15(2)16(3)31-23(17)30/h9-10,12,18-19,22,28H,8,11,13H2,1-7H3/t18-,19-,22+,25-,26+,27-/m0/s1. The second-order valence-corrected chi connectivity index (χ2v) is 11.6. The van der Waals surface area contributed by atoms with Crippen LogP contribution >= 0.6 is 0 Å². The number of rotatable bonds is 0. The Kier molecular flexibility index (Phi) is 4.24. The van der Waals surface area contributed by atoms with Crippen molar-refractivity contribution in [2.24, 2.45) is 28.1 Å². The number of aliphatic hydroxyl groups is 1. The quantitative estimate of drug-likeness (QED) is 0.606. The van der Waals surface area contributed by atoms with Gasteiger partial charge in [-0.1, -0.05) is 39.8 Å². The first-order chi connectivity index (χ1) is 14.8. The molecule has 1 N–H and O–H groups in total. The minimum absolute atomic E-state index is 0.127. The molecule has 1 fully saturated rings. The lowest BCUT2D eigenvalue weighted by Crippen LogP contribution is -2.68. The maximum absolute atomic E-state index is 12.8. The number of ketones is 1. The predicted molar refractivity (Wildman–Crippen MR) is 122 cm³/mol. The van der Waals surface area contributed by atoms with Gasteiger partial charge in [0.05, 0.1) is 11.7 Å². The number of ether oxygens (including phenoxy) is 1. The summed E-state index contributed by atoms with van der Waals surface area (Å²) >= 11 is 0. The lowest BCUT2D eigenvalue weighted by atomic mass is 9.39. The number of allylic oxidation sites excluding steroid dienone is 2.